The van der Waals surface area contributed by atoms with Crippen molar-refractivity contribution in [3.8, 4) is 5.75 Å². The summed E-state index contributed by atoms with van der Waals surface area (Å²) in [5.41, 5.74) is 2.09. The second kappa shape index (κ2) is 9.04. The average Bonchev–Trinajstić information content (AvgIpc) is 2.59. The molecule has 0 fully saturated rings. The van der Waals surface area contributed by atoms with E-state index in [1.807, 2.05) is 0 Å². The zero-order valence-electron chi connectivity index (χ0n) is 16.4. The summed E-state index contributed by atoms with van der Waals surface area (Å²) in [6, 6.07) is 11.3. The van der Waals surface area contributed by atoms with Crippen molar-refractivity contribution < 1.29 is 21.6 Å². The summed E-state index contributed by atoms with van der Waals surface area (Å²) >= 11 is 0. The van der Waals surface area contributed by atoms with Gasteiger partial charge in [0.2, 0.25) is 20.0 Å². The van der Waals surface area contributed by atoms with E-state index < -0.39 is 20.0 Å². The maximum Gasteiger partial charge on any atom is 0.240 e. The van der Waals surface area contributed by atoms with Gasteiger partial charge in [-0.1, -0.05) is 24.3 Å². The fourth-order valence-corrected chi connectivity index (χ4v) is 5.19. The van der Waals surface area contributed by atoms with E-state index in [-0.39, 0.29) is 23.2 Å². The largest absolute Gasteiger partial charge is 0.496 e. The van der Waals surface area contributed by atoms with Gasteiger partial charge >= 0.3 is 0 Å². The normalized spacial score (nSPS) is 12.3. The first-order chi connectivity index (χ1) is 13.0. The van der Waals surface area contributed by atoms with E-state index in [9.17, 15) is 16.8 Å². The highest BCUT2D eigenvalue weighted by molar-refractivity contribution is 7.89. The minimum Gasteiger partial charge on any atom is -0.496 e. The molecule has 0 aliphatic heterocycles. The minimum atomic E-state index is -3.67. The lowest BCUT2D eigenvalue weighted by molar-refractivity contribution is 0.411. The van der Waals surface area contributed by atoms with Gasteiger partial charge < -0.3 is 4.74 Å². The first-order valence-electron chi connectivity index (χ1n) is 8.74. The molecule has 154 valence electrons. The van der Waals surface area contributed by atoms with Crippen LogP contribution in [0.25, 0.3) is 0 Å². The number of benzene rings is 2. The van der Waals surface area contributed by atoms with E-state index in [0.717, 1.165) is 11.1 Å². The Morgan fingerprint density at radius 3 is 2.11 bits per heavy atom. The second-order valence-electron chi connectivity index (χ2n) is 6.80. The maximum absolute atomic E-state index is 12.5. The maximum atomic E-state index is 12.5. The monoisotopic (exact) mass is 426 g/mol. The minimum absolute atomic E-state index is 0.102. The molecular formula is C19H26N2O5S2. The van der Waals surface area contributed by atoms with Crippen LogP contribution >= 0.6 is 0 Å². The predicted molar refractivity (Wildman–Crippen MR) is 109 cm³/mol. The van der Waals surface area contributed by atoms with Crippen LogP contribution in [0.15, 0.2) is 47.4 Å². The Morgan fingerprint density at radius 2 is 1.57 bits per heavy atom. The SMILES string of the molecule is COc1ccc(S(=O)(=O)NCc2ccc(CS(=O)(=O)NC(C)C)cc2)cc1C. The lowest BCUT2D eigenvalue weighted by atomic mass is 10.1. The number of nitrogens with one attached hydrogen (secondary N) is 2. The average molecular weight is 427 g/mol. The molecule has 0 spiro atoms. The van der Waals surface area contributed by atoms with Gasteiger partial charge in [-0.3, -0.25) is 0 Å². The molecule has 0 saturated carbocycles. The van der Waals surface area contributed by atoms with Gasteiger partial charge in [-0.15, -0.1) is 0 Å². The summed E-state index contributed by atoms with van der Waals surface area (Å²) in [5, 5.41) is 0. The Balaban J connectivity index is 2.03. The van der Waals surface area contributed by atoms with E-state index in [4.69, 9.17) is 4.74 Å². The standard InChI is InChI=1S/C19H26N2O5S2/c1-14(2)21-27(22,23)13-17-7-5-16(6-8-17)12-20-28(24,25)18-9-10-19(26-4)15(3)11-18/h5-11,14,20-21H,12-13H2,1-4H3. The van der Waals surface area contributed by atoms with Crippen LogP contribution in [-0.4, -0.2) is 30.0 Å². The van der Waals surface area contributed by atoms with Crippen LogP contribution in [0.2, 0.25) is 0 Å². The lowest BCUT2D eigenvalue weighted by Gasteiger charge is -2.11. The van der Waals surface area contributed by atoms with Gasteiger partial charge in [0.05, 0.1) is 17.8 Å². The van der Waals surface area contributed by atoms with Crippen molar-refractivity contribution in [2.24, 2.45) is 0 Å². The van der Waals surface area contributed by atoms with Crippen molar-refractivity contribution in [3.63, 3.8) is 0 Å². The fourth-order valence-electron chi connectivity index (χ4n) is 2.65. The molecule has 0 atom stereocenters. The third-order valence-electron chi connectivity index (χ3n) is 3.94. The Morgan fingerprint density at radius 1 is 0.964 bits per heavy atom. The Labute approximate surface area is 167 Å². The molecule has 2 aromatic rings. The van der Waals surface area contributed by atoms with Crippen molar-refractivity contribution >= 4 is 20.0 Å². The van der Waals surface area contributed by atoms with Crippen molar-refractivity contribution in [2.45, 2.75) is 44.0 Å². The van der Waals surface area contributed by atoms with Crippen molar-refractivity contribution in [2.75, 3.05) is 7.11 Å². The van der Waals surface area contributed by atoms with Crippen LogP contribution in [0.1, 0.15) is 30.5 Å². The highest BCUT2D eigenvalue weighted by Gasteiger charge is 2.16. The first-order valence-corrected chi connectivity index (χ1v) is 11.9. The summed E-state index contributed by atoms with van der Waals surface area (Å²) < 4.78 is 59.1. The van der Waals surface area contributed by atoms with Crippen LogP contribution in [0.5, 0.6) is 5.75 Å². The summed E-state index contributed by atoms with van der Waals surface area (Å²) in [6.07, 6.45) is 0. The van der Waals surface area contributed by atoms with E-state index in [2.05, 4.69) is 9.44 Å². The molecule has 2 rings (SSSR count). The topological polar surface area (TPSA) is 102 Å². The number of ether oxygens (including phenoxy) is 1. The molecule has 7 nitrogen and oxygen atoms in total. The zero-order chi connectivity index (χ0) is 20.9. The molecule has 0 heterocycles. The number of aryl methyl sites for hydroxylation is 1. The predicted octanol–water partition coefficient (Wildman–Crippen LogP) is 2.31. The number of rotatable bonds is 9. The summed E-state index contributed by atoms with van der Waals surface area (Å²) in [7, 11) is -5.54. The summed E-state index contributed by atoms with van der Waals surface area (Å²) in [6.45, 7) is 5.40. The molecular weight excluding hydrogens is 400 g/mol. The number of sulfonamides is 2. The third-order valence-corrected chi connectivity index (χ3v) is 6.88. The molecule has 2 N–H and O–H groups in total. The molecule has 0 radical (unpaired) electrons. The number of hydrogen-bond acceptors (Lipinski definition) is 5. The molecule has 0 aliphatic rings. The smallest absolute Gasteiger partial charge is 0.240 e. The molecule has 0 amide bonds. The van der Waals surface area contributed by atoms with Gasteiger partial charge in [-0.05, 0) is 55.7 Å². The van der Waals surface area contributed by atoms with Crippen LogP contribution in [0.4, 0.5) is 0 Å². The number of hydrogen-bond donors (Lipinski definition) is 2. The molecule has 0 aliphatic carbocycles. The van der Waals surface area contributed by atoms with Crippen molar-refractivity contribution in [3.05, 3.63) is 59.2 Å². The van der Waals surface area contributed by atoms with E-state index in [1.165, 1.54) is 13.2 Å². The second-order valence-corrected chi connectivity index (χ2v) is 10.3. The zero-order valence-corrected chi connectivity index (χ0v) is 18.0. The molecule has 0 unspecified atom stereocenters. The van der Waals surface area contributed by atoms with Gasteiger partial charge in [0.15, 0.2) is 0 Å². The summed E-state index contributed by atoms with van der Waals surface area (Å²) in [5.74, 6) is 0.499. The Bertz CT molecular complexity index is 1010. The van der Waals surface area contributed by atoms with Gasteiger partial charge in [0.25, 0.3) is 0 Å². The van der Waals surface area contributed by atoms with Crippen LogP contribution in [0.3, 0.4) is 0 Å². The molecule has 2 aromatic carbocycles. The van der Waals surface area contributed by atoms with Gasteiger partial charge in [-0.25, -0.2) is 26.3 Å². The van der Waals surface area contributed by atoms with E-state index >= 15 is 0 Å². The fraction of sp³-hybridized carbons (Fsp3) is 0.368. The van der Waals surface area contributed by atoms with Gasteiger partial charge in [-0.2, -0.15) is 0 Å². The van der Waals surface area contributed by atoms with Crippen LogP contribution < -0.4 is 14.2 Å². The Kier molecular flexibility index (Phi) is 7.22. The van der Waals surface area contributed by atoms with Crippen LogP contribution in [-0.2, 0) is 32.3 Å². The molecule has 9 heteroatoms. The highest BCUT2D eigenvalue weighted by atomic mass is 32.2. The molecule has 0 aromatic heterocycles. The molecule has 28 heavy (non-hydrogen) atoms. The molecule has 0 saturated heterocycles. The molecule has 0 bridgehead atoms. The van der Waals surface area contributed by atoms with E-state index in [1.54, 1.807) is 57.2 Å². The van der Waals surface area contributed by atoms with Crippen LogP contribution in [0, 0.1) is 6.92 Å². The van der Waals surface area contributed by atoms with Gasteiger partial charge in [0.1, 0.15) is 5.75 Å². The van der Waals surface area contributed by atoms with Gasteiger partial charge in [0, 0.05) is 12.6 Å². The van der Waals surface area contributed by atoms with Crippen molar-refractivity contribution in [1.82, 2.24) is 9.44 Å². The van der Waals surface area contributed by atoms with E-state index in [0.29, 0.717) is 11.3 Å². The van der Waals surface area contributed by atoms with Crippen molar-refractivity contribution in [1.29, 1.82) is 0 Å². The number of methoxy groups -OCH3 is 1. The summed E-state index contributed by atoms with van der Waals surface area (Å²) in [4.78, 5) is 0.160. The lowest BCUT2D eigenvalue weighted by Crippen LogP contribution is -2.31. The third kappa shape index (κ3) is 6.30. The Hall–Kier alpha value is -1.94. The quantitative estimate of drug-likeness (QED) is 0.641. The first kappa shape index (κ1) is 22.4. The highest BCUT2D eigenvalue weighted by Crippen LogP contribution is 2.21.